The van der Waals surface area contributed by atoms with E-state index in [-0.39, 0.29) is 12.1 Å². The maximum atomic E-state index is 12.6. The van der Waals surface area contributed by atoms with Gasteiger partial charge in [-0.25, -0.2) is 8.42 Å². The van der Waals surface area contributed by atoms with Crippen molar-refractivity contribution in [1.29, 1.82) is 0 Å². The molecular weight excluding hydrogens is 286 g/mol. The molecule has 2 rings (SSSR count). The summed E-state index contributed by atoms with van der Waals surface area (Å²) in [6.07, 6.45) is 5.53. The fraction of sp³-hybridized carbons (Fsp3) is 1.00. The van der Waals surface area contributed by atoms with Crippen LogP contribution in [0.4, 0.5) is 0 Å². The monoisotopic (exact) mass is 309 g/mol. The minimum atomic E-state index is -3.18. The molecule has 2 unspecified atom stereocenters. The molecule has 1 aliphatic heterocycles. The first-order valence-corrected chi connectivity index (χ1v) is 9.34. The minimum absolute atomic E-state index is 0.0759. The summed E-state index contributed by atoms with van der Waals surface area (Å²) < 4.78 is 32.2. The highest BCUT2D eigenvalue weighted by atomic mass is 35.5. The molecule has 0 bridgehead atoms. The molecule has 0 N–H and O–H groups in total. The van der Waals surface area contributed by atoms with Gasteiger partial charge in [0.1, 0.15) is 0 Å². The largest absolute Gasteiger partial charge is 0.374 e. The van der Waals surface area contributed by atoms with Crippen LogP contribution in [0.1, 0.15) is 39.0 Å². The standard InChI is InChI=1S/C13H24ClNO3S/c1-11-9-18-13(7-14)8-15(11)19(16,17)10-12-5-3-2-4-6-12/h11-13H,2-10H2,1H3. The Morgan fingerprint density at radius 2 is 1.95 bits per heavy atom. The van der Waals surface area contributed by atoms with E-state index in [0.29, 0.717) is 30.7 Å². The van der Waals surface area contributed by atoms with Gasteiger partial charge < -0.3 is 4.74 Å². The fourth-order valence-electron chi connectivity index (χ4n) is 3.02. The molecule has 6 heteroatoms. The van der Waals surface area contributed by atoms with Crippen molar-refractivity contribution in [2.24, 2.45) is 5.92 Å². The summed E-state index contributed by atoms with van der Waals surface area (Å²) in [5.41, 5.74) is 0. The maximum Gasteiger partial charge on any atom is 0.214 e. The van der Waals surface area contributed by atoms with Crippen LogP contribution in [0.25, 0.3) is 0 Å². The molecule has 0 aromatic heterocycles. The molecule has 1 aliphatic carbocycles. The molecule has 1 saturated heterocycles. The SMILES string of the molecule is CC1COC(CCl)CN1S(=O)(=O)CC1CCCCC1. The van der Waals surface area contributed by atoms with Crippen molar-refractivity contribution >= 4 is 21.6 Å². The van der Waals surface area contributed by atoms with E-state index in [1.165, 1.54) is 19.3 Å². The first-order chi connectivity index (χ1) is 9.03. The summed E-state index contributed by atoms with van der Waals surface area (Å²) in [5.74, 6) is 0.984. The van der Waals surface area contributed by atoms with Crippen LogP contribution < -0.4 is 0 Å². The van der Waals surface area contributed by atoms with Crippen LogP contribution in [0.15, 0.2) is 0 Å². The average molecular weight is 310 g/mol. The van der Waals surface area contributed by atoms with Crippen molar-refractivity contribution in [2.75, 3.05) is 24.8 Å². The Balaban J connectivity index is 2.00. The van der Waals surface area contributed by atoms with E-state index in [1.807, 2.05) is 6.92 Å². The van der Waals surface area contributed by atoms with E-state index < -0.39 is 10.0 Å². The van der Waals surface area contributed by atoms with Crippen LogP contribution in [0, 0.1) is 5.92 Å². The van der Waals surface area contributed by atoms with Gasteiger partial charge in [-0.15, -0.1) is 11.6 Å². The number of morpholine rings is 1. The summed E-state index contributed by atoms with van der Waals surface area (Å²) in [7, 11) is -3.18. The molecule has 1 heterocycles. The number of rotatable bonds is 4. The van der Waals surface area contributed by atoms with E-state index in [4.69, 9.17) is 16.3 Å². The molecule has 1 saturated carbocycles. The van der Waals surface area contributed by atoms with E-state index in [1.54, 1.807) is 4.31 Å². The molecule has 2 atom stereocenters. The Morgan fingerprint density at radius 3 is 2.58 bits per heavy atom. The zero-order chi connectivity index (χ0) is 13.9. The lowest BCUT2D eigenvalue weighted by Gasteiger charge is -2.37. The Kier molecular flexibility index (Phi) is 5.52. The zero-order valence-electron chi connectivity index (χ0n) is 11.6. The quantitative estimate of drug-likeness (QED) is 0.748. The molecule has 19 heavy (non-hydrogen) atoms. The number of hydrogen-bond acceptors (Lipinski definition) is 3. The molecule has 2 aliphatic rings. The van der Waals surface area contributed by atoms with Gasteiger partial charge in [0, 0.05) is 18.5 Å². The van der Waals surface area contributed by atoms with Gasteiger partial charge in [-0.3, -0.25) is 0 Å². The van der Waals surface area contributed by atoms with Crippen LogP contribution in [0.2, 0.25) is 0 Å². The van der Waals surface area contributed by atoms with Gasteiger partial charge in [0.15, 0.2) is 0 Å². The second-order valence-electron chi connectivity index (χ2n) is 5.81. The lowest BCUT2D eigenvalue weighted by Crippen LogP contribution is -2.52. The van der Waals surface area contributed by atoms with Gasteiger partial charge in [-0.05, 0) is 25.7 Å². The molecule has 0 radical (unpaired) electrons. The molecule has 0 aromatic carbocycles. The van der Waals surface area contributed by atoms with Crippen LogP contribution in [-0.4, -0.2) is 49.7 Å². The van der Waals surface area contributed by atoms with Gasteiger partial charge in [-0.1, -0.05) is 19.3 Å². The summed E-state index contributed by atoms with van der Waals surface area (Å²) in [4.78, 5) is 0. The third-order valence-electron chi connectivity index (χ3n) is 4.15. The van der Waals surface area contributed by atoms with Gasteiger partial charge in [0.2, 0.25) is 10.0 Å². The fourth-order valence-corrected chi connectivity index (χ4v) is 5.33. The summed E-state index contributed by atoms with van der Waals surface area (Å²) >= 11 is 5.79. The normalized spacial score (nSPS) is 31.5. The van der Waals surface area contributed by atoms with Crippen LogP contribution in [0.5, 0.6) is 0 Å². The molecule has 0 aromatic rings. The molecule has 112 valence electrons. The van der Waals surface area contributed by atoms with Crippen molar-refractivity contribution in [1.82, 2.24) is 4.31 Å². The zero-order valence-corrected chi connectivity index (χ0v) is 13.1. The van der Waals surface area contributed by atoms with Crippen molar-refractivity contribution in [2.45, 2.75) is 51.2 Å². The van der Waals surface area contributed by atoms with Gasteiger partial charge in [0.05, 0.1) is 18.5 Å². The third kappa shape index (κ3) is 4.06. The van der Waals surface area contributed by atoms with Crippen LogP contribution in [0.3, 0.4) is 0 Å². The first-order valence-electron chi connectivity index (χ1n) is 7.20. The average Bonchev–Trinajstić information content (AvgIpc) is 2.39. The number of ether oxygens (including phenoxy) is 1. The van der Waals surface area contributed by atoms with E-state index in [9.17, 15) is 8.42 Å². The minimum Gasteiger partial charge on any atom is -0.374 e. The number of alkyl halides is 1. The highest BCUT2D eigenvalue weighted by Gasteiger charge is 2.35. The van der Waals surface area contributed by atoms with E-state index >= 15 is 0 Å². The Bertz CT molecular complexity index is 381. The molecule has 4 nitrogen and oxygen atoms in total. The smallest absolute Gasteiger partial charge is 0.214 e. The lowest BCUT2D eigenvalue weighted by molar-refractivity contribution is -0.0153. The van der Waals surface area contributed by atoms with Crippen molar-refractivity contribution in [3.8, 4) is 0 Å². The van der Waals surface area contributed by atoms with E-state index in [2.05, 4.69) is 0 Å². The lowest BCUT2D eigenvalue weighted by atomic mass is 9.91. The van der Waals surface area contributed by atoms with Crippen molar-refractivity contribution in [3.05, 3.63) is 0 Å². The van der Waals surface area contributed by atoms with Gasteiger partial charge in [-0.2, -0.15) is 4.31 Å². The number of hydrogen-bond donors (Lipinski definition) is 0. The highest BCUT2D eigenvalue weighted by molar-refractivity contribution is 7.89. The molecule has 0 amide bonds. The summed E-state index contributed by atoms with van der Waals surface area (Å²) in [6, 6.07) is -0.0759. The summed E-state index contributed by atoms with van der Waals surface area (Å²) in [5, 5.41) is 0. The number of halogens is 1. The molecule has 2 fully saturated rings. The first kappa shape index (κ1) is 15.5. The number of nitrogens with zero attached hydrogens (tertiary/aromatic N) is 1. The van der Waals surface area contributed by atoms with Crippen LogP contribution in [-0.2, 0) is 14.8 Å². The predicted octanol–water partition coefficient (Wildman–Crippen LogP) is 2.22. The van der Waals surface area contributed by atoms with Crippen molar-refractivity contribution in [3.63, 3.8) is 0 Å². The summed E-state index contributed by atoms with van der Waals surface area (Å²) in [6.45, 7) is 2.75. The molecule has 0 spiro atoms. The van der Waals surface area contributed by atoms with Crippen molar-refractivity contribution < 1.29 is 13.2 Å². The predicted molar refractivity (Wildman–Crippen MR) is 77.0 cm³/mol. The maximum absolute atomic E-state index is 12.6. The van der Waals surface area contributed by atoms with E-state index in [0.717, 1.165) is 12.8 Å². The topological polar surface area (TPSA) is 46.6 Å². The Morgan fingerprint density at radius 1 is 1.26 bits per heavy atom. The van der Waals surface area contributed by atoms with Gasteiger partial charge in [0.25, 0.3) is 0 Å². The third-order valence-corrected chi connectivity index (χ3v) is 6.61. The molecular formula is C13H24ClNO3S. The Hall–Kier alpha value is 0.160. The second-order valence-corrected chi connectivity index (χ2v) is 8.09. The van der Waals surface area contributed by atoms with Crippen LogP contribution >= 0.6 is 11.6 Å². The van der Waals surface area contributed by atoms with Gasteiger partial charge >= 0.3 is 0 Å². The highest BCUT2D eigenvalue weighted by Crippen LogP contribution is 2.27. The number of sulfonamides is 1. The Labute approximate surface area is 121 Å². The second kappa shape index (κ2) is 6.74.